The smallest absolute Gasteiger partial charge is 0.255 e. The summed E-state index contributed by atoms with van der Waals surface area (Å²) in [5.41, 5.74) is -0.0803. The van der Waals surface area contributed by atoms with E-state index in [0.29, 0.717) is 5.56 Å². The van der Waals surface area contributed by atoms with Crippen LogP contribution in [0.15, 0.2) is 18.2 Å². The maximum atomic E-state index is 12.0. The fraction of sp³-hybridized carbons (Fsp3) is 0.417. The van der Waals surface area contributed by atoms with E-state index in [1.54, 1.807) is 12.1 Å². The summed E-state index contributed by atoms with van der Waals surface area (Å²) in [5.74, 6) is -0.266. The number of amides is 1. The monoisotopic (exact) mass is 411 g/mol. The topological polar surface area (TPSA) is 49.3 Å². The Bertz CT molecular complexity index is 433. The Morgan fingerprint density at radius 3 is 2.65 bits per heavy atom. The first-order chi connectivity index (χ1) is 7.74. The molecule has 0 aromatic heterocycles. The lowest BCUT2D eigenvalue weighted by Gasteiger charge is -2.29. The Kier molecular flexibility index (Phi) is 4.83. The molecule has 17 heavy (non-hydrogen) atoms. The molecule has 2 N–H and O–H groups in total. The minimum Gasteiger partial charge on any atom is -0.507 e. The van der Waals surface area contributed by atoms with Crippen molar-refractivity contribution in [2.75, 3.05) is 0 Å². The van der Waals surface area contributed by atoms with Crippen molar-refractivity contribution >= 4 is 44.4 Å². The molecule has 0 spiro atoms. The highest BCUT2D eigenvalue weighted by Crippen LogP contribution is 2.22. The van der Waals surface area contributed by atoms with E-state index in [2.05, 4.69) is 43.8 Å². The van der Waals surface area contributed by atoms with Gasteiger partial charge in [0, 0.05) is 13.9 Å². The molecule has 1 aromatic rings. The van der Waals surface area contributed by atoms with Crippen LogP contribution in [0.1, 0.15) is 31.1 Å². The van der Waals surface area contributed by atoms with Crippen LogP contribution < -0.4 is 5.32 Å². The quantitative estimate of drug-likeness (QED) is 0.592. The van der Waals surface area contributed by atoms with Gasteiger partial charge in [0.2, 0.25) is 0 Å². The van der Waals surface area contributed by atoms with Gasteiger partial charge in [0.05, 0.1) is 5.56 Å². The molecule has 3 nitrogen and oxygen atoms in total. The van der Waals surface area contributed by atoms with Gasteiger partial charge in [-0.25, -0.2) is 0 Å². The van der Waals surface area contributed by atoms with Crippen LogP contribution in [0.3, 0.4) is 0 Å². The summed E-state index contributed by atoms with van der Waals surface area (Å²) in [4.78, 5) is 12.2. The van der Waals surface area contributed by atoms with Gasteiger partial charge in [-0.05, 0) is 54.6 Å². The van der Waals surface area contributed by atoms with Gasteiger partial charge >= 0.3 is 0 Å². The molecular formula is C12H15BrINO2. The zero-order chi connectivity index (χ0) is 13.2. The summed E-state index contributed by atoms with van der Waals surface area (Å²) in [6.07, 6.45) is 0. The molecule has 94 valence electrons. The lowest BCUT2D eigenvalue weighted by Crippen LogP contribution is -2.48. The van der Waals surface area contributed by atoms with E-state index in [1.807, 2.05) is 20.8 Å². The number of nitrogens with one attached hydrogen (secondary N) is 1. The fourth-order valence-electron chi connectivity index (χ4n) is 1.15. The van der Waals surface area contributed by atoms with E-state index in [4.69, 9.17) is 0 Å². The number of carbonyl (C=O) groups excluding carboxylic acids is 1. The third-order valence-electron chi connectivity index (χ3n) is 2.63. The zero-order valence-corrected chi connectivity index (χ0v) is 13.7. The Balaban J connectivity index is 2.94. The number of hydrogen-bond acceptors (Lipinski definition) is 2. The largest absolute Gasteiger partial charge is 0.507 e. The van der Waals surface area contributed by atoms with Gasteiger partial charge in [-0.15, -0.1) is 0 Å². The van der Waals surface area contributed by atoms with Crippen LogP contribution in [0.4, 0.5) is 0 Å². The molecule has 0 saturated carbocycles. The third-order valence-corrected chi connectivity index (χ3v) is 4.45. The van der Waals surface area contributed by atoms with Gasteiger partial charge in [0.1, 0.15) is 5.75 Å². The summed E-state index contributed by atoms with van der Waals surface area (Å²) >= 11 is 5.56. The normalized spacial score (nSPS) is 13.2. The highest BCUT2D eigenvalue weighted by Gasteiger charge is 2.27. The van der Waals surface area contributed by atoms with Gasteiger partial charge < -0.3 is 10.4 Å². The van der Waals surface area contributed by atoms with Crippen LogP contribution in [0.2, 0.25) is 0 Å². The van der Waals surface area contributed by atoms with Crippen molar-refractivity contribution in [3.05, 3.63) is 27.3 Å². The van der Waals surface area contributed by atoms with E-state index >= 15 is 0 Å². The molecule has 1 rings (SSSR count). The van der Waals surface area contributed by atoms with Crippen LogP contribution in [-0.2, 0) is 0 Å². The Hall–Kier alpha value is -0.300. The summed E-state index contributed by atoms with van der Waals surface area (Å²) in [6, 6.07) is 4.95. The average molecular weight is 412 g/mol. The van der Waals surface area contributed by atoms with Crippen molar-refractivity contribution in [1.82, 2.24) is 5.32 Å². The molecule has 1 aromatic carbocycles. The summed E-state index contributed by atoms with van der Waals surface area (Å²) in [7, 11) is 0. The first kappa shape index (κ1) is 14.8. The van der Waals surface area contributed by atoms with Gasteiger partial charge in [-0.2, -0.15) is 0 Å². The third kappa shape index (κ3) is 3.84. The van der Waals surface area contributed by atoms with E-state index in [1.165, 1.54) is 6.07 Å². The van der Waals surface area contributed by atoms with Crippen molar-refractivity contribution in [3.63, 3.8) is 0 Å². The second-order valence-electron chi connectivity index (χ2n) is 4.45. The number of phenols is 1. The van der Waals surface area contributed by atoms with Crippen molar-refractivity contribution in [2.45, 2.75) is 31.1 Å². The molecule has 0 aliphatic rings. The standard InChI is InChI=1S/C12H15BrINO2/c1-7(13)12(2,3)15-11(17)9-6-8(14)4-5-10(9)16/h4-7,16H,1-3H3,(H,15,17). The second kappa shape index (κ2) is 5.56. The summed E-state index contributed by atoms with van der Waals surface area (Å²) < 4.78 is 0.912. The maximum Gasteiger partial charge on any atom is 0.255 e. The van der Waals surface area contributed by atoms with Crippen molar-refractivity contribution in [1.29, 1.82) is 0 Å². The summed E-state index contributed by atoms with van der Waals surface area (Å²) in [5, 5.41) is 12.6. The molecular weight excluding hydrogens is 397 g/mol. The summed E-state index contributed by atoms with van der Waals surface area (Å²) in [6.45, 7) is 5.82. The van der Waals surface area contributed by atoms with Crippen molar-refractivity contribution in [2.24, 2.45) is 0 Å². The van der Waals surface area contributed by atoms with Crippen LogP contribution in [0.25, 0.3) is 0 Å². The van der Waals surface area contributed by atoms with E-state index in [0.717, 1.165) is 3.57 Å². The lowest BCUT2D eigenvalue weighted by atomic mass is 10.0. The maximum absolute atomic E-state index is 12.0. The van der Waals surface area contributed by atoms with Gasteiger partial charge in [-0.3, -0.25) is 4.79 Å². The van der Waals surface area contributed by atoms with Crippen LogP contribution in [0, 0.1) is 3.57 Å². The van der Waals surface area contributed by atoms with E-state index < -0.39 is 0 Å². The minimum atomic E-state index is -0.384. The predicted octanol–water partition coefficient (Wildman–Crippen LogP) is 3.29. The molecule has 5 heteroatoms. The first-order valence-electron chi connectivity index (χ1n) is 5.19. The lowest BCUT2D eigenvalue weighted by molar-refractivity contribution is 0.0911. The van der Waals surface area contributed by atoms with Crippen molar-refractivity contribution in [3.8, 4) is 5.75 Å². The van der Waals surface area contributed by atoms with Gasteiger partial charge in [-0.1, -0.05) is 22.9 Å². The highest BCUT2D eigenvalue weighted by atomic mass is 127. The van der Waals surface area contributed by atoms with E-state index in [9.17, 15) is 9.90 Å². The molecule has 0 bridgehead atoms. The number of hydrogen-bond donors (Lipinski definition) is 2. The van der Waals surface area contributed by atoms with Crippen molar-refractivity contribution < 1.29 is 9.90 Å². The molecule has 1 atom stereocenters. The predicted molar refractivity (Wildman–Crippen MR) is 80.8 cm³/mol. The SMILES string of the molecule is CC(Br)C(C)(C)NC(=O)c1cc(I)ccc1O. The van der Waals surface area contributed by atoms with Crippen LogP contribution >= 0.6 is 38.5 Å². The molecule has 1 unspecified atom stereocenters. The molecule has 0 saturated heterocycles. The van der Waals surface area contributed by atoms with Crippen LogP contribution in [0.5, 0.6) is 5.75 Å². The minimum absolute atomic E-state index is 0.000872. The Labute approximate surface area is 123 Å². The van der Waals surface area contributed by atoms with Crippen LogP contribution in [-0.4, -0.2) is 21.4 Å². The number of benzene rings is 1. The highest BCUT2D eigenvalue weighted by molar-refractivity contribution is 14.1. The number of carbonyl (C=O) groups is 1. The molecule has 0 heterocycles. The molecule has 0 aliphatic carbocycles. The van der Waals surface area contributed by atoms with E-state index in [-0.39, 0.29) is 22.0 Å². The number of phenolic OH excluding ortho intramolecular Hbond substituents is 1. The average Bonchev–Trinajstić information content (AvgIpc) is 2.20. The van der Waals surface area contributed by atoms with Gasteiger partial charge in [0.25, 0.3) is 5.91 Å². The molecule has 0 fully saturated rings. The molecule has 1 amide bonds. The number of halogens is 2. The number of alkyl halides is 1. The molecule has 0 radical (unpaired) electrons. The first-order valence-corrected chi connectivity index (χ1v) is 7.18. The van der Waals surface area contributed by atoms with Gasteiger partial charge in [0.15, 0.2) is 0 Å². The zero-order valence-electron chi connectivity index (χ0n) is 9.92. The fourth-order valence-corrected chi connectivity index (χ4v) is 1.76. The number of rotatable bonds is 3. The Morgan fingerprint density at radius 2 is 2.12 bits per heavy atom. The Morgan fingerprint density at radius 1 is 1.53 bits per heavy atom. The number of aromatic hydroxyl groups is 1. The molecule has 0 aliphatic heterocycles. The second-order valence-corrected chi connectivity index (χ2v) is 7.07.